The lowest BCUT2D eigenvalue weighted by atomic mass is 9.72. The van der Waals surface area contributed by atoms with Crippen LogP contribution in [0.1, 0.15) is 23.5 Å². The Kier molecular flexibility index (Phi) is 3.50. The third kappa shape index (κ3) is 2.39. The summed E-state index contributed by atoms with van der Waals surface area (Å²) in [4.78, 5) is 16.4. The van der Waals surface area contributed by atoms with Gasteiger partial charge < -0.3 is 20.3 Å². The zero-order valence-corrected chi connectivity index (χ0v) is 13.7. The lowest BCUT2D eigenvalue weighted by Gasteiger charge is -2.45. The summed E-state index contributed by atoms with van der Waals surface area (Å²) in [6.07, 6.45) is 1.02. The van der Waals surface area contributed by atoms with E-state index >= 15 is 0 Å². The Morgan fingerprint density at radius 3 is 3.13 bits per heavy atom. The van der Waals surface area contributed by atoms with Gasteiger partial charge in [0.05, 0.1) is 0 Å². The molecule has 1 saturated heterocycles. The first-order valence-electron chi connectivity index (χ1n) is 8.00. The highest BCUT2D eigenvalue weighted by molar-refractivity contribution is 6.32. The maximum atomic E-state index is 10.8. The molecule has 0 saturated carbocycles. The summed E-state index contributed by atoms with van der Waals surface area (Å²) < 4.78 is 0. The van der Waals surface area contributed by atoms with Crippen LogP contribution in [-0.4, -0.2) is 47.3 Å². The fourth-order valence-electron chi connectivity index (χ4n) is 4.48. The van der Waals surface area contributed by atoms with Gasteiger partial charge in [-0.25, -0.2) is 4.79 Å². The average molecular weight is 334 g/mol. The van der Waals surface area contributed by atoms with Crippen LogP contribution in [0, 0.1) is 5.92 Å². The zero-order valence-electron chi connectivity index (χ0n) is 13.0. The second kappa shape index (κ2) is 5.42. The number of nitrogens with one attached hydrogen (secondary N) is 2. The fourth-order valence-corrected chi connectivity index (χ4v) is 4.75. The molecule has 2 aromatic rings. The SMILES string of the molecule is CN1CC(CNC(=O)O)C[C@@H]2c3cccc4[nH]c(Cl)c(c34)C[C@H]21. The van der Waals surface area contributed by atoms with Gasteiger partial charge in [-0.05, 0) is 43.0 Å². The average Bonchev–Trinajstić information content (AvgIpc) is 2.84. The molecule has 5 nitrogen and oxygen atoms in total. The molecule has 1 amide bonds. The van der Waals surface area contributed by atoms with Crippen molar-refractivity contribution in [3.05, 3.63) is 34.5 Å². The van der Waals surface area contributed by atoms with Crippen molar-refractivity contribution in [2.45, 2.75) is 24.8 Å². The third-order valence-electron chi connectivity index (χ3n) is 5.43. The van der Waals surface area contributed by atoms with Crippen LogP contribution in [0.3, 0.4) is 0 Å². The number of hydrogen-bond acceptors (Lipinski definition) is 2. The summed E-state index contributed by atoms with van der Waals surface area (Å²) in [5, 5.41) is 13.4. The summed E-state index contributed by atoms with van der Waals surface area (Å²) >= 11 is 6.42. The van der Waals surface area contributed by atoms with Crippen LogP contribution in [-0.2, 0) is 6.42 Å². The number of aromatic amines is 1. The van der Waals surface area contributed by atoms with Crippen molar-refractivity contribution in [1.29, 1.82) is 0 Å². The van der Waals surface area contributed by atoms with Crippen molar-refractivity contribution < 1.29 is 9.90 Å². The molecule has 1 aliphatic heterocycles. The Morgan fingerprint density at radius 1 is 1.52 bits per heavy atom. The number of likely N-dealkylation sites (N-methyl/N-ethyl adjacent to an activating group) is 1. The maximum absolute atomic E-state index is 10.8. The van der Waals surface area contributed by atoms with Crippen molar-refractivity contribution in [3.8, 4) is 0 Å². The standard InChI is InChI=1S/C17H20ClN3O2/c1-21-8-9(7-19-17(22)23)5-11-10-3-2-4-13-15(10)12(6-14(11)21)16(18)20-13/h2-4,9,11,14,19-20H,5-8H2,1H3,(H,22,23)/t9?,11-,14-/m1/s1. The summed E-state index contributed by atoms with van der Waals surface area (Å²) in [5.41, 5.74) is 3.69. The van der Waals surface area contributed by atoms with Crippen LogP contribution in [0.15, 0.2) is 18.2 Å². The van der Waals surface area contributed by atoms with Crippen LogP contribution in [0.2, 0.25) is 5.15 Å². The van der Waals surface area contributed by atoms with Gasteiger partial charge in [0.15, 0.2) is 0 Å². The van der Waals surface area contributed by atoms with Crippen LogP contribution in [0.25, 0.3) is 10.9 Å². The Hall–Kier alpha value is -1.72. The lowest BCUT2D eigenvalue weighted by Crippen LogP contribution is -2.50. The highest BCUT2D eigenvalue weighted by Crippen LogP contribution is 2.46. The van der Waals surface area contributed by atoms with Crippen molar-refractivity contribution in [2.24, 2.45) is 5.92 Å². The molecule has 3 atom stereocenters. The number of aromatic nitrogens is 1. The molecule has 1 aromatic carbocycles. The van der Waals surface area contributed by atoms with E-state index in [9.17, 15) is 4.79 Å². The van der Waals surface area contributed by atoms with Gasteiger partial charge in [-0.1, -0.05) is 23.7 Å². The quantitative estimate of drug-likeness (QED) is 0.791. The van der Waals surface area contributed by atoms with E-state index in [4.69, 9.17) is 16.7 Å². The molecule has 1 aliphatic carbocycles. The Labute approximate surface area is 139 Å². The molecule has 0 radical (unpaired) electrons. The number of amides is 1. The molecule has 6 heteroatoms. The topological polar surface area (TPSA) is 68.4 Å². The third-order valence-corrected chi connectivity index (χ3v) is 5.75. The van der Waals surface area contributed by atoms with Crippen LogP contribution >= 0.6 is 11.6 Å². The predicted octanol–water partition coefficient (Wildman–Crippen LogP) is 3.05. The largest absolute Gasteiger partial charge is 0.465 e. The molecule has 4 rings (SSSR count). The highest BCUT2D eigenvalue weighted by atomic mass is 35.5. The molecule has 122 valence electrons. The first-order chi connectivity index (χ1) is 11.0. The minimum absolute atomic E-state index is 0.337. The number of fused-ring (bicyclic) bond motifs is 2. The molecule has 3 N–H and O–H groups in total. The van der Waals surface area contributed by atoms with Gasteiger partial charge in [0.2, 0.25) is 0 Å². The Bertz CT molecular complexity index is 773. The number of carbonyl (C=O) groups is 1. The van der Waals surface area contributed by atoms with Gasteiger partial charge in [0.25, 0.3) is 0 Å². The minimum Gasteiger partial charge on any atom is -0.465 e. The highest BCUT2D eigenvalue weighted by Gasteiger charge is 2.40. The number of piperidine rings is 1. The van der Waals surface area contributed by atoms with Gasteiger partial charge >= 0.3 is 6.09 Å². The summed E-state index contributed by atoms with van der Waals surface area (Å²) in [5.74, 6) is 0.765. The normalized spacial score (nSPS) is 27.0. The number of carboxylic acid groups (broad SMARTS) is 1. The number of likely N-dealkylation sites (tertiary alicyclic amines) is 1. The summed E-state index contributed by atoms with van der Waals surface area (Å²) in [6, 6.07) is 6.79. The molecule has 2 heterocycles. The van der Waals surface area contributed by atoms with Crippen molar-refractivity contribution in [1.82, 2.24) is 15.2 Å². The number of hydrogen-bond donors (Lipinski definition) is 3. The second-order valence-corrected chi connectivity index (χ2v) is 7.17. The van der Waals surface area contributed by atoms with Crippen molar-refractivity contribution in [3.63, 3.8) is 0 Å². The van der Waals surface area contributed by atoms with E-state index in [2.05, 4.69) is 40.4 Å². The number of H-pyrrole nitrogens is 1. The molecule has 2 aliphatic rings. The summed E-state index contributed by atoms with van der Waals surface area (Å²) in [7, 11) is 2.14. The van der Waals surface area contributed by atoms with Crippen LogP contribution in [0.4, 0.5) is 4.79 Å². The predicted molar refractivity (Wildman–Crippen MR) is 90.3 cm³/mol. The molecule has 23 heavy (non-hydrogen) atoms. The first kappa shape index (κ1) is 14.8. The Morgan fingerprint density at radius 2 is 2.35 bits per heavy atom. The molecule has 1 aromatic heterocycles. The van der Waals surface area contributed by atoms with Gasteiger partial charge in [0, 0.05) is 36.0 Å². The molecular weight excluding hydrogens is 314 g/mol. The first-order valence-corrected chi connectivity index (χ1v) is 8.38. The van der Waals surface area contributed by atoms with E-state index in [1.807, 2.05) is 0 Å². The minimum atomic E-state index is -0.944. The zero-order chi connectivity index (χ0) is 16.1. The van der Waals surface area contributed by atoms with Crippen molar-refractivity contribution in [2.75, 3.05) is 20.1 Å². The van der Waals surface area contributed by atoms with E-state index in [0.717, 1.165) is 30.1 Å². The van der Waals surface area contributed by atoms with Gasteiger partial charge in [-0.15, -0.1) is 0 Å². The number of nitrogens with zero attached hydrogens (tertiary/aromatic N) is 1. The second-order valence-electron chi connectivity index (χ2n) is 6.79. The smallest absolute Gasteiger partial charge is 0.404 e. The molecule has 0 bridgehead atoms. The summed E-state index contributed by atoms with van der Waals surface area (Å²) in [6.45, 7) is 1.43. The van der Waals surface area contributed by atoms with E-state index in [-0.39, 0.29) is 0 Å². The van der Waals surface area contributed by atoms with Crippen LogP contribution in [0.5, 0.6) is 0 Å². The number of rotatable bonds is 2. The number of halogens is 1. The molecule has 1 fully saturated rings. The van der Waals surface area contributed by atoms with Gasteiger partial charge in [-0.3, -0.25) is 0 Å². The number of benzene rings is 1. The fraction of sp³-hybridized carbons (Fsp3) is 0.471. The Balaban J connectivity index is 1.71. The van der Waals surface area contributed by atoms with E-state index in [0.29, 0.717) is 24.4 Å². The van der Waals surface area contributed by atoms with E-state index in [1.165, 1.54) is 16.5 Å². The monoisotopic (exact) mass is 333 g/mol. The lowest BCUT2D eigenvalue weighted by molar-refractivity contribution is 0.110. The van der Waals surface area contributed by atoms with E-state index in [1.54, 1.807) is 0 Å². The van der Waals surface area contributed by atoms with Gasteiger partial charge in [0.1, 0.15) is 5.15 Å². The molecule has 0 spiro atoms. The van der Waals surface area contributed by atoms with Gasteiger partial charge in [-0.2, -0.15) is 0 Å². The van der Waals surface area contributed by atoms with E-state index < -0.39 is 6.09 Å². The van der Waals surface area contributed by atoms with Crippen LogP contribution < -0.4 is 5.32 Å². The molecule has 1 unspecified atom stereocenters. The van der Waals surface area contributed by atoms with Crippen molar-refractivity contribution >= 4 is 28.6 Å². The maximum Gasteiger partial charge on any atom is 0.404 e. The molecular formula is C17H20ClN3O2.